The monoisotopic (exact) mass is 292 g/mol. The molecule has 0 aliphatic carbocycles. The molecular formula is C14H29ClN2O2. The fraction of sp³-hybridized carbons (Fsp3) is 0.929. The molecule has 1 heterocycles. The molecule has 4 nitrogen and oxygen atoms in total. The Bertz CT molecular complexity index is 233. The Morgan fingerprint density at radius 3 is 2.84 bits per heavy atom. The van der Waals surface area contributed by atoms with Crippen LogP contribution in [-0.4, -0.2) is 31.2 Å². The van der Waals surface area contributed by atoms with Gasteiger partial charge in [0.15, 0.2) is 0 Å². The second-order valence-electron chi connectivity index (χ2n) is 5.17. The van der Waals surface area contributed by atoms with E-state index in [9.17, 15) is 4.79 Å². The van der Waals surface area contributed by atoms with E-state index in [2.05, 4.69) is 12.2 Å². The van der Waals surface area contributed by atoms with Gasteiger partial charge in [0.25, 0.3) is 0 Å². The molecule has 0 saturated carbocycles. The van der Waals surface area contributed by atoms with Crippen molar-refractivity contribution in [2.75, 3.05) is 13.2 Å². The van der Waals surface area contributed by atoms with Crippen molar-refractivity contribution in [1.82, 2.24) is 5.32 Å². The number of nitrogens with two attached hydrogens (primary N) is 1. The van der Waals surface area contributed by atoms with Crippen LogP contribution >= 0.6 is 12.4 Å². The number of amides is 1. The van der Waals surface area contributed by atoms with Gasteiger partial charge in [-0.2, -0.15) is 0 Å². The van der Waals surface area contributed by atoms with Gasteiger partial charge in [0.1, 0.15) is 0 Å². The Morgan fingerprint density at radius 1 is 1.47 bits per heavy atom. The minimum atomic E-state index is 0. The van der Waals surface area contributed by atoms with E-state index < -0.39 is 0 Å². The number of unbranched alkanes of at least 4 members (excludes halogenated alkanes) is 1. The zero-order chi connectivity index (χ0) is 13.2. The summed E-state index contributed by atoms with van der Waals surface area (Å²) >= 11 is 0. The van der Waals surface area contributed by atoms with Gasteiger partial charge in [-0.3, -0.25) is 4.79 Å². The van der Waals surface area contributed by atoms with Crippen molar-refractivity contribution in [2.45, 2.75) is 70.4 Å². The summed E-state index contributed by atoms with van der Waals surface area (Å²) in [7, 11) is 0. The lowest BCUT2D eigenvalue weighted by molar-refractivity contribution is -0.122. The lowest BCUT2D eigenvalue weighted by Crippen LogP contribution is -2.40. The molecule has 0 bridgehead atoms. The van der Waals surface area contributed by atoms with Gasteiger partial charge in [0, 0.05) is 25.6 Å². The standard InChI is InChI=1S/C14H28N2O2.ClH/c1-2-3-6-12(11-15)16-14(17)9-8-13-7-4-5-10-18-13;/h12-13H,2-11,15H2,1H3,(H,16,17);1H. The van der Waals surface area contributed by atoms with Crippen molar-refractivity contribution in [3.63, 3.8) is 0 Å². The predicted molar refractivity (Wildman–Crippen MR) is 80.6 cm³/mol. The Hall–Kier alpha value is -0.320. The summed E-state index contributed by atoms with van der Waals surface area (Å²) in [5.74, 6) is 0.121. The van der Waals surface area contributed by atoms with Crippen LogP contribution in [0.2, 0.25) is 0 Å². The SMILES string of the molecule is CCCCC(CN)NC(=O)CCC1CCCCO1.Cl. The van der Waals surface area contributed by atoms with E-state index in [1.807, 2.05) is 0 Å². The van der Waals surface area contributed by atoms with Crippen LogP contribution in [0.4, 0.5) is 0 Å². The smallest absolute Gasteiger partial charge is 0.220 e. The lowest BCUT2D eigenvalue weighted by Gasteiger charge is -2.23. The molecule has 1 aliphatic rings. The molecule has 1 rings (SSSR count). The summed E-state index contributed by atoms with van der Waals surface area (Å²) in [6.45, 7) is 3.54. The molecule has 1 saturated heterocycles. The lowest BCUT2D eigenvalue weighted by atomic mass is 10.0. The summed E-state index contributed by atoms with van der Waals surface area (Å²) in [5, 5.41) is 3.02. The van der Waals surface area contributed by atoms with E-state index in [-0.39, 0.29) is 30.5 Å². The first-order chi connectivity index (χ1) is 8.76. The maximum Gasteiger partial charge on any atom is 0.220 e. The molecule has 1 fully saturated rings. The van der Waals surface area contributed by atoms with Crippen LogP contribution in [0, 0.1) is 0 Å². The van der Waals surface area contributed by atoms with E-state index in [4.69, 9.17) is 10.5 Å². The first-order valence-electron chi connectivity index (χ1n) is 7.37. The highest BCUT2D eigenvalue weighted by Gasteiger charge is 2.16. The van der Waals surface area contributed by atoms with Crippen LogP contribution in [0.3, 0.4) is 0 Å². The van der Waals surface area contributed by atoms with Gasteiger partial charge in [-0.1, -0.05) is 19.8 Å². The topological polar surface area (TPSA) is 64.3 Å². The van der Waals surface area contributed by atoms with E-state index in [0.29, 0.717) is 13.0 Å². The number of ether oxygens (including phenoxy) is 1. The minimum absolute atomic E-state index is 0. The molecule has 0 aromatic rings. The van der Waals surface area contributed by atoms with Crippen molar-refractivity contribution < 1.29 is 9.53 Å². The number of carbonyl (C=O) groups excluding carboxylic acids is 1. The normalized spacial score (nSPS) is 20.4. The van der Waals surface area contributed by atoms with Gasteiger partial charge >= 0.3 is 0 Å². The van der Waals surface area contributed by atoms with Crippen LogP contribution in [0.5, 0.6) is 0 Å². The number of carbonyl (C=O) groups is 1. The number of hydrogen-bond donors (Lipinski definition) is 2. The second kappa shape index (κ2) is 11.5. The Kier molecular flexibility index (Phi) is 11.3. The zero-order valence-corrected chi connectivity index (χ0v) is 12.8. The molecule has 0 aromatic carbocycles. The third kappa shape index (κ3) is 8.45. The fourth-order valence-corrected chi connectivity index (χ4v) is 2.33. The summed E-state index contributed by atoms with van der Waals surface area (Å²) in [5.41, 5.74) is 5.66. The number of hydrogen-bond acceptors (Lipinski definition) is 3. The Morgan fingerprint density at radius 2 is 2.26 bits per heavy atom. The summed E-state index contributed by atoms with van der Waals surface area (Å²) in [4.78, 5) is 11.8. The number of nitrogens with one attached hydrogen (secondary N) is 1. The summed E-state index contributed by atoms with van der Waals surface area (Å²) in [6.07, 6.45) is 8.43. The van der Waals surface area contributed by atoms with Gasteiger partial charge < -0.3 is 15.8 Å². The van der Waals surface area contributed by atoms with E-state index in [1.54, 1.807) is 0 Å². The van der Waals surface area contributed by atoms with Crippen molar-refractivity contribution in [3.05, 3.63) is 0 Å². The third-order valence-electron chi connectivity index (χ3n) is 3.52. The number of rotatable bonds is 8. The molecule has 19 heavy (non-hydrogen) atoms. The van der Waals surface area contributed by atoms with Gasteiger partial charge in [-0.25, -0.2) is 0 Å². The fourth-order valence-electron chi connectivity index (χ4n) is 2.33. The van der Waals surface area contributed by atoms with E-state index in [1.165, 1.54) is 6.42 Å². The first kappa shape index (κ1) is 18.7. The van der Waals surface area contributed by atoms with E-state index in [0.717, 1.165) is 45.1 Å². The van der Waals surface area contributed by atoms with Crippen LogP contribution in [0.15, 0.2) is 0 Å². The molecule has 0 aromatic heterocycles. The van der Waals surface area contributed by atoms with Crippen LogP contribution in [-0.2, 0) is 9.53 Å². The van der Waals surface area contributed by atoms with Crippen LogP contribution in [0.1, 0.15) is 58.3 Å². The molecule has 0 radical (unpaired) electrons. The molecule has 1 amide bonds. The van der Waals surface area contributed by atoms with Gasteiger partial charge in [-0.05, 0) is 32.1 Å². The van der Waals surface area contributed by atoms with Crippen LogP contribution < -0.4 is 11.1 Å². The quantitative estimate of drug-likeness (QED) is 0.722. The van der Waals surface area contributed by atoms with Gasteiger partial charge in [0.2, 0.25) is 5.91 Å². The Labute approximate surface area is 123 Å². The third-order valence-corrected chi connectivity index (χ3v) is 3.52. The maximum atomic E-state index is 11.8. The van der Waals surface area contributed by atoms with Crippen molar-refractivity contribution >= 4 is 18.3 Å². The molecule has 5 heteroatoms. The Balaban J connectivity index is 0.00000324. The molecule has 2 atom stereocenters. The van der Waals surface area contributed by atoms with Gasteiger partial charge in [-0.15, -0.1) is 12.4 Å². The van der Waals surface area contributed by atoms with Crippen molar-refractivity contribution in [3.8, 4) is 0 Å². The zero-order valence-electron chi connectivity index (χ0n) is 12.0. The molecule has 2 unspecified atom stereocenters. The average Bonchev–Trinajstić information content (AvgIpc) is 2.42. The first-order valence-corrected chi connectivity index (χ1v) is 7.37. The minimum Gasteiger partial charge on any atom is -0.378 e. The number of halogens is 1. The summed E-state index contributed by atoms with van der Waals surface area (Å²) < 4.78 is 5.62. The largest absolute Gasteiger partial charge is 0.378 e. The molecule has 1 aliphatic heterocycles. The predicted octanol–water partition coefficient (Wildman–Crippen LogP) is 2.39. The summed E-state index contributed by atoms with van der Waals surface area (Å²) in [6, 6.07) is 0.143. The maximum absolute atomic E-state index is 11.8. The highest BCUT2D eigenvalue weighted by molar-refractivity contribution is 5.85. The van der Waals surface area contributed by atoms with Gasteiger partial charge in [0.05, 0.1) is 6.10 Å². The second-order valence-corrected chi connectivity index (χ2v) is 5.17. The molecule has 114 valence electrons. The van der Waals surface area contributed by atoms with Crippen molar-refractivity contribution in [2.24, 2.45) is 5.73 Å². The highest BCUT2D eigenvalue weighted by atomic mass is 35.5. The highest BCUT2D eigenvalue weighted by Crippen LogP contribution is 2.16. The van der Waals surface area contributed by atoms with Crippen molar-refractivity contribution in [1.29, 1.82) is 0 Å². The molecule has 0 spiro atoms. The average molecular weight is 293 g/mol. The van der Waals surface area contributed by atoms with E-state index >= 15 is 0 Å². The molecule has 3 N–H and O–H groups in total. The molecular weight excluding hydrogens is 264 g/mol. The van der Waals surface area contributed by atoms with Crippen LogP contribution in [0.25, 0.3) is 0 Å².